The number of nitrogens with one attached hydrogen (secondary N) is 2. The number of nitrogens with zero attached hydrogens (tertiary/aromatic N) is 4. The Bertz CT molecular complexity index is 1050. The van der Waals surface area contributed by atoms with Gasteiger partial charge in [-0.25, -0.2) is 9.97 Å². The highest BCUT2D eigenvalue weighted by molar-refractivity contribution is 5.76. The van der Waals surface area contributed by atoms with Gasteiger partial charge in [0, 0.05) is 12.1 Å². The first kappa shape index (κ1) is 20.6. The van der Waals surface area contributed by atoms with E-state index in [-0.39, 0.29) is 17.8 Å². The molecule has 1 fully saturated rings. The monoisotopic (exact) mass is 419 g/mol. The van der Waals surface area contributed by atoms with Crippen molar-refractivity contribution in [2.24, 2.45) is 5.73 Å². The maximum absolute atomic E-state index is 8.85. The second-order valence-electron chi connectivity index (χ2n) is 7.41. The van der Waals surface area contributed by atoms with Gasteiger partial charge in [0.25, 0.3) is 0 Å². The molecule has 160 valence electrons. The van der Waals surface area contributed by atoms with E-state index in [1.165, 1.54) is 12.4 Å². The molecule has 1 aliphatic rings. The first-order valence-corrected chi connectivity index (χ1v) is 10.4. The van der Waals surface area contributed by atoms with Crippen molar-refractivity contribution in [1.82, 2.24) is 20.2 Å². The quantitative estimate of drug-likeness (QED) is 0.529. The van der Waals surface area contributed by atoms with Crippen molar-refractivity contribution in [2.75, 3.05) is 11.9 Å². The number of ether oxygens (including phenoxy) is 2. The minimum atomic E-state index is 0.130. The van der Waals surface area contributed by atoms with Crippen LogP contribution in [0.4, 0.5) is 11.6 Å². The SMILES string of the molecule is CCOc1cccc(OC2CCC(N)CC2)c1-c1cc(Nc2cnc(C#N)cn2)n[nH]1. The summed E-state index contributed by atoms with van der Waals surface area (Å²) in [5.74, 6) is 2.53. The second-order valence-corrected chi connectivity index (χ2v) is 7.41. The summed E-state index contributed by atoms with van der Waals surface area (Å²) in [5, 5.41) is 19.3. The molecule has 2 aromatic heterocycles. The molecular formula is C22H25N7O2. The summed E-state index contributed by atoms with van der Waals surface area (Å²) < 4.78 is 12.2. The number of hydrogen-bond acceptors (Lipinski definition) is 8. The molecule has 0 atom stereocenters. The molecule has 1 saturated carbocycles. The molecule has 31 heavy (non-hydrogen) atoms. The van der Waals surface area contributed by atoms with Gasteiger partial charge >= 0.3 is 0 Å². The van der Waals surface area contributed by atoms with Gasteiger partial charge in [0.2, 0.25) is 0 Å². The first-order chi connectivity index (χ1) is 15.2. The normalized spacial score (nSPS) is 18.2. The van der Waals surface area contributed by atoms with Crippen LogP contribution in [0.2, 0.25) is 0 Å². The second kappa shape index (κ2) is 9.45. The zero-order valence-electron chi connectivity index (χ0n) is 17.3. The van der Waals surface area contributed by atoms with Crippen LogP contribution >= 0.6 is 0 Å². The van der Waals surface area contributed by atoms with Gasteiger partial charge in [-0.2, -0.15) is 10.4 Å². The fourth-order valence-electron chi connectivity index (χ4n) is 3.63. The summed E-state index contributed by atoms with van der Waals surface area (Å²) in [4.78, 5) is 8.17. The van der Waals surface area contributed by atoms with Crippen molar-refractivity contribution in [1.29, 1.82) is 5.26 Å². The molecule has 4 N–H and O–H groups in total. The third-order valence-corrected chi connectivity index (χ3v) is 5.17. The van der Waals surface area contributed by atoms with Crippen LogP contribution in [0.25, 0.3) is 11.3 Å². The molecule has 0 radical (unpaired) electrons. The predicted molar refractivity (Wildman–Crippen MR) is 116 cm³/mol. The molecule has 0 spiro atoms. The molecule has 0 aliphatic heterocycles. The Morgan fingerprint density at radius 1 is 1.16 bits per heavy atom. The fourth-order valence-corrected chi connectivity index (χ4v) is 3.63. The van der Waals surface area contributed by atoms with Crippen molar-refractivity contribution in [3.63, 3.8) is 0 Å². The van der Waals surface area contributed by atoms with Crippen molar-refractivity contribution < 1.29 is 9.47 Å². The van der Waals surface area contributed by atoms with Crippen LogP contribution in [0.5, 0.6) is 11.5 Å². The van der Waals surface area contributed by atoms with Gasteiger partial charge in [0.05, 0.1) is 36.4 Å². The summed E-state index contributed by atoms with van der Waals surface area (Å²) in [5.41, 5.74) is 7.87. The van der Waals surface area contributed by atoms with Gasteiger partial charge in [-0.1, -0.05) is 6.07 Å². The molecule has 1 aliphatic carbocycles. The summed E-state index contributed by atoms with van der Waals surface area (Å²) in [6, 6.07) is 9.87. The van der Waals surface area contributed by atoms with E-state index in [0.717, 1.165) is 48.4 Å². The topological polar surface area (TPSA) is 135 Å². The van der Waals surface area contributed by atoms with Gasteiger partial charge in [-0.3, -0.25) is 5.10 Å². The fraction of sp³-hybridized carbons (Fsp3) is 0.364. The van der Waals surface area contributed by atoms with E-state index in [1.807, 2.05) is 37.3 Å². The predicted octanol–water partition coefficient (Wildman–Crippen LogP) is 3.53. The number of nitrogens with two attached hydrogens (primary N) is 1. The van der Waals surface area contributed by atoms with Crippen LogP contribution in [0, 0.1) is 11.3 Å². The van der Waals surface area contributed by atoms with E-state index in [4.69, 9.17) is 20.5 Å². The van der Waals surface area contributed by atoms with E-state index in [0.29, 0.717) is 18.2 Å². The molecule has 3 aromatic rings. The molecule has 0 bridgehead atoms. The Labute approximate surface area is 180 Å². The third kappa shape index (κ3) is 4.92. The lowest BCUT2D eigenvalue weighted by atomic mass is 9.93. The van der Waals surface area contributed by atoms with Crippen molar-refractivity contribution >= 4 is 11.6 Å². The van der Waals surface area contributed by atoms with E-state index in [9.17, 15) is 0 Å². The van der Waals surface area contributed by atoms with Crippen LogP contribution < -0.4 is 20.5 Å². The minimum absolute atomic E-state index is 0.130. The van der Waals surface area contributed by atoms with E-state index in [2.05, 4.69) is 25.5 Å². The minimum Gasteiger partial charge on any atom is -0.493 e. The summed E-state index contributed by atoms with van der Waals surface area (Å²) in [6.07, 6.45) is 6.83. The van der Waals surface area contributed by atoms with E-state index < -0.39 is 0 Å². The van der Waals surface area contributed by atoms with Gasteiger partial charge < -0.3 is 20.5 Å². The molecule has 2 heterocycles. The lowest BCUT2D eigenvalue weighted by Gasteiger charge is -2.27. The largest absolute Gasteiger partial charge is 0.493 e. The molecule has 0 unspecified atom stereocenters. The Balaban J connectivity index is 1.59. The maximum Gasteiger partial charge on any atom is 0.158 e. The van der Waals surface area contributed by atoms with Gasteiger partial charge in [-0.05, 0) is 44.7 Å². The molecular weight excluding hydrogens is 394 g/mol. The zero-order chi connectivity index (χ0) is 21.6. The number of aromatic amines is 1. The number of hydrogen-bond donors (Lipinski definition) is 3. The smallest absolute Gasteiger partial charge is 0.158 e. The van der Waals surface area contributed by atoms with Crippen molar-refractivity contribution in [3.05, 3.63) is 42.4 Å². The molecule has 4 rings (SSSR count). The lowest BCUT2D eigenvalue weighted by molar-refractivity contribution is 0.147. The number of benzene rings is 1. The van der Waals surface area contributed by atoms with Gasteiger partial charge in [-0.15, -0.1) is 0 Å². The van der Waals surface area contributed by atoms with Crippen molar-refractivity contribution in [2.45, 2.75) is 44.8 Å². The Kier molecular flexibility index (Phi) is 6.29. The standard InChI is InChI=1S/C22H25N7O2/c1-2-30-18-4-3-5-19(31-16-8-6-14(24)7-9-16)22(18)17-10-20(29-28-17)27-21-13-25-15(11-23)12-26-21/h3-5,10,12-14,16H,2,6-9,24H2,1H3,(H2,26,27,28,29). The van der Waals surface area contributed by atoms with E-state index >= 15 is 0 Å². The third-order valence-electron chi connectivity index (χ3n) is 5.17. The average molecular weight is 419 g/mol. The molecule has 9 heteroatoms. The molecule has 0 saturated heterocycles. The molecule has 1 aromatic carbocycles. The first-order valence-electron chi connectivity index (χ1n) is 10.4. The van der Waals surface area contributed by atoms with Gasteiger partial charge in [0.1, 0.15) is 23.4 Å². The van der Waals surface area contributed by atoms with E-state index in [1.54, 1.807) is 0 Å². The summed E-state index contributed by atoms with van der Waals surface area (Å²) in [6.45, 7) is 2.48. The molecule has 9 nitrogen and oxygen atoms in total. The summed E-state index contributed by atoms with van der Waals surface area (Å²) >= 11 is 0. The maximum atomic E-state index is 8.85. The lowest BCUT2D eigenvalue weighted by Crippen LogP contribution is -2.31. The summed E-state index contributed by atoms with van der Waals surface area (Å²) in [7, 11) is 0. The number of rotatable bonds is 7. The highest BCUT2D eigenvalue weighted by Crippen LogP contribution is 2.40. The highest BCUT2D eigenvalue weighted by atomic mass is 16.5. The van der Waals surface area contributed by atoms with Crippen LogP contribution in [0.3, 0.4) is 0 Å². The van der Waals surface area contributed by atoms with Crippen LogP contribution in [-0.2, 0) is 0 Å². The Morgan fingerprint density at radius 2 is 1.97 bits per heavy atom. The zero-order valence-corrected chi connectivity index (χ0v) is 17.3. The molecule has 0 amide bonds. The number of aromatic nitrogens is 4. The van der Waals surface area contributed by atoms with Crippen molar-refractivity contribution in [3.8, 4) is 28.8 Å². The number of anilines is 2. The van der Waals surface area contributed by atoms with Gasteiger partial charge in [0.15, 0.2) is 11.5 Å². The average Bonchev–Trinajstić information content (AvgIpc) is 3.24. The number of nitriles is 1. The van der Waals surface area contributed by atoms with Crippen LogP contribution in [0.15, 0.2) is 36.7 Å². The van der Waals surface area contributed by atoms with Crippen LogP contribution in [-0.4, -0.2) is 38.9 Å². The van der Waals surface area contributed by atoms with Crippen LogP contribution in [0.1, 0.15) is 38.3 Å². The highest BCUT2D eigenvalue weighted by Gasteiger charge is 2.23. The Hall–Kier alpha value is -3.64. The Morgan fingerprint density at radius 3 is 2.68 bits per heavy atom. The number of H-pyrrole nitrogens is 1.